The molecule has 2 aliphatic heterocycles. The van der Waals surface area contributed by atoms with Crippen molar-refractivity contribution in [1.82, 2.24) is 9.88 Å². The lowest BCUT2D eigenvalue weighted by Crippen LogP contribution is -2.26. The number of hydrogen-bond donors (Lipinski definition) is 0. The minimum atomic E-state index is 0.885. The highest BCUT2D eigenvalue weighted by Crippen LogP contribution is 2.37. The van der Waals surface area contributed by atoms with Crippen LogP contribution in [0.25, 0.3) is 0 Å². The average Bonchev–Trinajstić information content (AvgIpc) is 2.98. The fraction of sp³-hybridized carbons (Fsp3) is 0.786. The molecule has 0 saturated carbocycles. The highest BCUT2D eigenvalue weighted by atomic mass is 32.1. The molecule has 4 heteroatoms. The summed E-state index contributed by atoms with van der Waals surface area (Å²) in [6.45, 7) is 5.04. The van der Waals surface area contributed by atoms with Gasteiger partial charge in [0.1, 0.15) is 0 Å². The molecule has 0 aromatic carbocycles. The predicted molar refractivity (Wildman–Crippen MR) is 75.4 cm³/mol. The summed E-state index contributed by atoms with van der Waals surface area (Å²) in [5.74, 6) is 1.77. The Morgan fingerprint density at radius 2 is 1.78 bits per heavy atom. The molecular formula is C14H21N3S. The summed E-state index contributed by atoms with van der Waals surface area (Å²) in [4.78, 5) is 11.5. The molecule has 0 spiro atoms. The summed E-state index contributed by atoms with van der Waals surface area (Å²) < 4.78 is 0. The van der Waals surface area contributed by atoms with E-state index < -0.39 is 0 Å². The Labute approximate surface area is 113 Å². The molecule has 98 valence electrons. The number of rotatable bonds is 1. The van der Waals surface area contributed by atoms with Crippen LogP contribution in [0.4, 0.5) is 5.13 Å². The Balaban J connectivity index is 1.53. The monoisotopic (exact) mass is 263 g/mol. The van der Waals surface area contributed by atoms with Gasteiger partial charge in [0.05, 0.1) is 5.69 Å². The number of thiazole rings is 1. The van der Waals surface area contributed by atoms with Gasteiger partial charge in [0.2, 0.25) is 0 Å². The van der Waals surface area contributed by atoms with E-state index >= 15 is 0 Å². The first-order chi connectivity index (χ1) is 8.79. The highest BCUT2D eigenvalue weighted by molar-refractivity contribution is 7.15. The summed E-state index contributed by atoms with van der Waals surface area (Å²) in [6.07, 6.45) is 5.20. The molecule has 3 aliphatic rings. The fourth-order valence-corrected chi connectivity index (χ4v) is 5.02. The van der Waals surface area contributed by atoms with Gasteiger partial charge in [0, 0.05) is 31.1 Å². The van der Waals surface area contributed by atoms with Crippen LogP contribution in [0, 0.1) is 11.8 Å². The molecule has 3 nitrogen and oxygen atoms in total. The van der Waals surface area contributed by atoms with Gasteiger partial charge in [-0.25, -0.2) is 4.98 Å². The summed E-state index contributed by atoms with van der Waals surface area (Å²) in [6, 6.07) is 0. The second-order valence-corrected chi connectivity index (χ2v) is 7.28. The first-order valence-corrected chi connectivity index (χ1v) is 8.03. The van der Waals surface area contributed by atoms with Crippen LogP contribution in [0.3, 0.4) is 0 Å². The van der Waals surface area contributed by atoms with Crippen LogP contribution in [-0.4, -0.2) is 43.1 Å². The van der Waals surface area contributed by atoms with Crippen molar-refractivity contribution in [2.45, 2.75) is 25.7 Å². The maximum atomic E-state index is 4.91. The van der Waals surface area contributed by atoms with E-state index in [4.69, 9.17) is 4.98 Å². The zero-order valence-corrected chi connectivity index (χ0v) is 11.9. The lowest BCUT2D eigenvalue weighted by Gasteiger charge is -2.18. The van der Waals surface area contributed by atoms with Crippen molar-refractivity contribution in [3.63, 3.8) is 0 Å². The molecule has 3 heterocycles. The Bertz CT molecular complexity index is 418. The van der Waals surface area contributed by atoms with Gasteiger partial charge in [-0.1, -0.05) is 0 Å². The van der Waals surface area contributed by atoms with Crippen molar-refractivity contribution in [2.24, 2.45) is 11.8 Å². The Hall–Kier alpha value is -0.610. The highest BCUT2D eigenvalue weighted by Gasteiger charge is 2.39. The third-order valence-corrected chi connectivity index (χ3v) is 5.99. The van der Waals surface area contributed by atoms with Crippen LogP contribution in [0.15, 0.2) is 0 Å². The number of aryl methyl sites for hydroxylation is 2. The van der Waals surface area contributed by atoms with E-state index in [0.29, 0.717) is 0 Å². The van der Waals surface area contributed by atoms with Crippen LogP contribution in [0.1, 0.15) is 23.4 Å². The lowest BCUT2D eigenvalue weighted by atomic mass is 10.0. The van der Waals surface area contributed by atoms with Crippen molar-refractivity contribution >= 4 is 16.5 Å². The smallest absolute Gasteiger partial charge is 0.185 e. The van der Waals surface area contributed by atoms with Gasteiger partial charge in [-0.3, -0.25) is 0 Å². The third-order valence-electron chi connectivity index (χ3n) is 4.77. The molecule has 2 saturated heterocycles. The SMILES string of the molecule is CN1CC2CN(c3nc4c(s3)CCCC4)CC2C1. The van der Waals surface area contributed by atoms with Gasteiger partial charge >= 0.3 is 0 Å². The summed E-state index contributed by atoms with van der Waals surface area (Å²) in [7, 11) is 2.25. The van der Waals surface area contributed by atoms with Crippen LogP contribution in [0.5, 0.6) is 0 Å². The first kappa shape index (κ1) is 11.2. The molecule has 1 aliphatic carbocycles. The van der Waals surface area contributed by atoms with Gasteiger partial charge < -0.3 is 9.80 Å². The number of nitrogens with zero attached hydrogens (tertiary/aromatic N) is 3. The Morgan fingerprint density at radius 1 is 1.06 bits per heavy atom. The maximum Gasteiger partial charge on any atom is 0.185 e. The normalized spacial score (nSPS) is 31.7. The zero-order chi connectivity index (χ0) is 12.1. The first-order valence-electron chi connectivity index (χ1n) is 7.21. The average molecular weight is 263 g/mol. The minimum Gasteiger partial charge on any atom is -0.347 e. The summed E-state index contributed by atoms with van der Waals surface area (Å²) in [5, 5.41) is 1.32. The van der Waals surface area contributed by atoms with Gasteiger partial charge in [-0.2, -0.15) is 0 Å². The molecule has 0 N–H and O–H groups in total. The fourth-order valence-electron chi connectivity index (χ4n) is 3.86. The lowest BCUT2D eigenvalue weighted by molar-refractivity contribution is 0.387. The summed E-state index contributed by atoms with van der Waals surface area (Å²) in [5.41, 5.74) is 1.41. The topological polar surface area (TPSA) is 19.4 Å². The summed E-state index contributed by atoms with van der Waals surface area (Å²) >= 11 is 1.97. The number of likely N-dealkylation sites (tertiary alicyclic amines) is 1. The molecule has 2 unspecified atom stereocenters. The second kappa shape index (κ2) is 4.20. The number of hydrogen-bond acceptors (Lipinski definition) is 4. The van der Waals surface area contributed by atoms with Gasteiger partial charge in [0.15, 0.2) is 5.13 Å². The molecule has 1 aromatic rings. The minimum absolute atomic E-state index is 0.885. The maximum absolute atomic E-state index is 4.91. The van der Waals surface area contributed by atoms with Crippen LogP contribution < -0.4 is 4.90 Å². The standard InChI is InChI=1S/C14H21N3S/c1-16-6-10-8-17(9-11(10)7-16)14-15-12-4-2-3-5-13(12)18-14/h10-11H,2-9H2,1H3. The zero-order valence-electron chi connectivity index (χ0n) is 11.1. The molecule has 0 amide bonds. The van der Waals surface area contributed by atoms with Crippen molar-refractivity contribution in [3.8, 4) is 0 Å². The van der Waals surface area contributed by atoms with Crippen LogP contribution >= 0.6 is 11.3 Å². The molecule has 18 heavy (non-hydrogen) atoms. The van der Waals surface area contributed by atoms with E-state index in [9.17, 15) is 0 Å². The Kier molecular flexibility index (Phi) is 2.62. The van der Waals surface area contributed by atoms with E-state index in [1.807, 2.05) is 11.3 Å². The third kappa shape index (κ3) is 1.77. The predicted octanol–water partition coefficient (Wildman–Crippen LogP) is 2.02. The van der Waals surface area contributed by atoms with Crippen LogP contribution in [-0.2, 0) is 12.8 Å². The molecule has 4 rings (SSSR count). The van der Waals surface area contributed by atoms with Crippen LogP contribution in [0.2, 0.25) is 0 Å². The van der Waals surface area contributed by atoms with E-state index in [-0.39, 0.29) is 0 Å². The van der Waals surface area contributed by atoms with E-state index in [1.54, 1.807) is 4.88 Å². The molecule has 0 radical (unpaired) electrons. The number of anilines is 1. The van der Waals surface area contributed by atoms with Crippen molar-refractivity contribution in [3.05, 3.63) is 10.6 Å². The van der Waals surface area contributed by atoms with E-state index in [2.05, 4.69) is 16.8 Å². The van der Waals surface area contributed by atoms with Crippen molar-refractivity contribution in [1.29, 1.82) is 0 Å². The van der Waals surface area contributed by atoms with Crippen molar-refractivity contribution in [2.75, 3.05) is 38.1 Å². The van der Waals surface area contributed by atoms with Crippen molar-refractivity contribution < 1.29 is 0 Å². The van der Waals surface area contributed by atoms with Gasteiger partial charge in [0.25, 0.3) is 0 Å². The quantitative estimate of drug-likeness (QED) is 0.773. The van der Waals surface area contributed by atoms with E-state index in [1.165, 1.54) is 62.7 Å². The molecule has 2 atom stereocenters. The number of aromatic nitrogens is 1. The van der Waals surface area contributed by atoms with Gasteiger partial charge in [-0.15, -0.1) is 11.3 Å². The van der Waals surface area contributed by atoms with E-state index in [0.717, 1.165) is 11.8 Å². The molecular weight excluding hydrogens is 242 g/mol. The number of fused-ring (bicyclic) bond motifs is 2. The molecule has 1 aromatic heterocycles. The Morgan fingerprint density at radius 3 is 2.50 bits per heavy atom. The molecule has 0 bridgehead atoms. The second-order valence-electron chi connectivity index (χ2n) is 6.22. The largest absolute Gasteiger partial charge is 0.347 e. The molecule has 2 fully saturated rings. The van der Waals surface area contributed by atoms with Gasteiger partial charge in [-0.05, 0) is 44.6 Å².